The molecule has 1 amide bonds. The van der Waals surface area contributed by atoms with E-state index in [4.69, 9.17) is 0 Å². The predicted octanol–water partition coefficient (Wildman–Crippen LogP) is 2.64. The molecule has 1 spiro atoms. The van der Waals surface area contributed by atoms with Crippen molar-refractivity contribution in [1.29, 1.82) is 0 Å². The third-order valence-electron chi connectivity index (χ3n) is 4.99. The molecule has 1 aromatic carbocycles. The summed E-state index contributed by atoms with van der Waals surface area (Å²) >= 11 is 0. The maximum absolute atomic E-state index is 13.1. The Morgan fingerprint density at radius 1 is 1.33 bits per heavy atom. The number of nitrogens with one attached hydrogen (secondary N) is 1. The first-order valence-corrected chi connectivity index (χ1v) is 8.18. The van der Waals surface area contributed by atoms with Gasteiger partial charge in [0.25, 0.3) is 0 Å². The summed E-state index contributed by atoms with van der Waals surface area (Å²) < 4.78 is 0. The molecule has 0 aromatic heterocycles. The Morgan fingerprint density at radius 3 is 2.71 bits per heavy atom. The lowest BCUT2D eigenvalue weighted by Crippen LogP contribution is -2.48. The van der Waals surface area contributed by atoms with Gasteiger partial charge in [-0.1, -0.05) is 44.2 Å². The summed E-state index contributed by atoms with van der Waals surface area (Å²) in [5, 5.41) is 3.47. The fraction of sp³-hybridized carbons (Fsp3) is 0.611. The Bertz CT molecular complexity index is 491. The molecule has 2 fully saturated rings. The summed E-state index contributed by atoms with van der Waals surface area (Å²) in [5.74, 6) is 1.23. The molecule has 2 heterocycles. The fourth-order valence-corrected chi connectivity index (χ4v) is 4.06. The van der Waals surface area contributed by atoms with E-state index in [0.717, 1.165) is 39.0 Å². The largest absolute Gasteiger partial charge is 0.341 e. The van der Waals surface area contributed by atoms with Crippen molar-refractivity contribution in [2.75, 3.05) is 26.2 Å². The van der Waals surface area contributed by atoms with E-state index >= 15 is 0 Å². The number of carbonyl (C=O) groups is 1. The summed E-state index contributed by atoms with van der Waals surface area (Å²) in [6, 6.07) is 10.6. The van der Waals surface area contributed by atoms with Gasteiger partial charge >= 0.3 is 0 Å². The van der Waals surface area contributed by atoms with E-state index in [-0.39, 0.29) is 5.41 Å². The Hall–Kier alpha value is -1.35. The first-order valence-electron chi connectivity index (χ1n) is 8.18. The topological polar surface area (TPSA) is 32.3 Å². The summed E-state index contributed by atoms with van der Waals surface area (Å²) in [4.78, 5) is 15.2. The predicted molar refractivity (Wildman–Crippen MR) is 85.1 cm³/mol. The Balaban J connectivity index is 1.94. The van der Waals surface area contributed by atoms with E-state index in [1.54, 1.807) is 0 Å². The van der Waals surface area contributed by atoms with Crippen molar-refractivity contribution < 1.29 is 4.79 Å². The van der Waals surface area contributed by atoms with Crippen molar-refractivity contribution in [3.8, 4) is 0 Å². The van der Waals surface area contributed by atoms with E-state index < -0.39 is 0 Å². The third-order valence-corrected chi connectivity index (χ3v) is 4.99. The molecule has 3 rings (SSSR count). The van der Waals surface area contributed by atoms with E-state index in [9.17, 15) is 4.79 Å². The lowest BCUT2D eigenvalue weighted by molar-refractivity contribution is -0.137. The Labute approximate surface area is 127 Å². The number of rotatable bonds is 3. The molecular weight excluding hydrogens is 260 g/mol. The number of likely N-dealkylation sites (tertiary alicyclic amines) is 1. The number of piperidine rings is 1. The van der Waals surface area contributed by atoms with Gasteiger partial charge in [-0.3, -0.25) is 4.79 Å². The van der Waals surface area contributed by atoms with Crippen LogP contribution in [0.15, 0.2) is 30.3 Å². The molecule has 21 heavy (non-hydrogen) atoms. The molecule has 0 radical (unpaired) electrons. The Morgan fingerprint density at radius 2 is 2.10 bits per heavy atom. The van der Waals surface area contributed by atoms with Gasteiger partial charge in [-0.2, -0.15) is 0 Å². The van der Waals surface area contributed by atoms with Crippen LogP contribution in [-0.2, 0) is 4.79 Å². The molecule has 1 aromatic rings. The molecule has 0 bridgehead atoms. The molecule has 2 unspecified atom stereocenters. The summed E-state index contributed by atoms with van der Waals surface area (Å²) in [7, 11) is 0. The minimum absolute atomic E-state index is 0.214. The number of hydrogen-bond donors (Lipinski definition) is 1. The molecule has 114 valence electrons. The molecule has 2 atom stereocenters. The molecular formula is C18H26N2O. The molecule has 2 saturated heterocycles. The highest BCUT2D eigenvalue weighted by Crippen LogP contribution is 2.48. The van der Waals surface area contributed by atoms with E-state index in [1.807, 2.05) is 0 Å². The number of hydrogen-bond acceptors (Lipinski definition) is 2. The number of amides is 1. The summed E-state index contributed by atoms with van der Waals surface area (Å²) in [5.41, 5.74) is 1.11. The van der Waals surface area contributed by atoms with Crippen LogP contribution in [-0.4, -0.2) is 37.0 Å². The highest BCUT2D eigenvalue weighted by molar-refractivity contribution is 5.87. The number of carbonyl (C=O) groups excluding carboxylic acids is 1. The van der Waals surface area contributed by atoms with Crippen LogP contribution in [0.25, 0.3) is 0 Å². The summed E-state index contributed by atoms with van der Waals surface area (Å²) in [6.45, 7) is 8.01. The second-order valence-corrected chi connectivity index (χ2v) is 7.00. The quantitative estimate of drug-likeness (QED) is 0.926. The van der Waals surface area contributed by atoms with Gasteiger partial charge in [0, 0.05) is 25.6 Å². The van der Waals surface area contributed by atoms with Crippen molar-refractivity contribution in [2.24, 2.45) is 11.3 Å². The average Bonchev–Trinajstić information content (AvgIpc) is 2.75. The van der Waals surface area contributed by atoms with Crippen LogP contribution in [0, 0.1) is 11.3 Å². The van der Waals surface area contributed by atoms with Crippen LogP contribution in [0.4, 0.5) is 0 Å². The number of benzene rings is 1. The molecule has 2 aliphatic rings. The van der Waals surface area contributed by atoms with Gasteiger partial charge in [-0.25, -0.2) is 0 Å². The second-order valence-electron chi connectivity index (χ2n) is 7.00. The van der Waals surface area contributed by atoms with Crippen LogP contribution in [0.1, 0.15) is 38.2 Å². The van der Waals surface area contributed by atoms with Gasteiger partial charge in [0.15, 0.2) is 0 Å². The lowest BCUT2D eigenvalue weighted by atomic mass is 9.69. The van der Waals surface area contributed by atoms with Crippen molar-refractivity contribution >= 4 is 5.91 Å². The van der Waals surface area contributed by atoms with Crippen LogP contribution < -0.4 is 5.32 Å². The van der Waals surface area contributed by atoms with Crippen molar-refractivity contribution in [3.05, 3.63) is 35.9 Å². The maximum Gasteiger partial charge on any atom is 0.230 e. The molecule has 2 aliphatic heterocycles. The van der Waals surface area contributed by atoms with Gasteiger partial charge in [-0.15, -0.1) is 0 Å². The molecule has 1 N–H and O–H groups in total. The SMILES string of the molecule is CC(C)CN1CC(c2ccccc2)C2(CCCNC2)C1=O. The zero-order valence-electron chi connectivity index (χ0n) is 13.1. The standard InChI is InChI=1S/C18H26N2O/c1-14(2)11-20-12-16(15-7-4-3-5-8-15)18(17(20)21)9-6-10-19-13-18/h3-5,7-8,14,16,19H,6,9-13H2,1-2H3. The van der Waals surface area contributed by atoms with Crippen LogP contribution >= 0.6 is 0 Å². The van der Waals surface area contributed by atoms with E-state index in [0.29, 0.717) is 17.7 Å². The minimum atomic E-state index is -0.214. The van der Waals surface area contributed by atoms with Gasteiger partial charge in [0.05, 0.1) is 5.41 Å². The molecule has 3 heteroatoms. The van der Waals surface area contributed by atoms with E-state index in [2.05, 4.69) is 54.4 Å². The second kappa shape index (κ2) is 5.80. The molecule has 0 saturated carbocycles. The van der Waals surface area contributed by atoms with Crippen molar-refractivity contribution in [3.63, 3.8) is 0 Å². The Kier molecular flexibility index (Phi) is 4.03. The monoisotopic (exact) mass is 286 g/mol. The molecule has 3 nitrogen and oxygen atoms in total. The highest BCUT2D eigenvalue weighted by Gasteiger charge is 2.54. The third kappa shape index (κ3) is 2.59. The average molecular weight is 286 g/mol. The summed E-state index contributed by atoms with van der Waals surface area (Å²) in [6.07, 6.45) is 2.12. The highest BCUT2D eigenvalue weighted by atomic mass is 16.2. The first-order chi connectivity index (χ1) is 10.1. The molecule has 0 aliphatic carbocycles. The van der Waals surface area contributed by atoms with Gasteiger partial charge in [0.2, 0.25) is 5.91 Å². The lowest BCUT2D eigenvalue weighted by Gasteiger charge is -2.37. The smallest absolute Gasteiger partial charge is 0.230 e. The van der Waals surface area contributed by atoms with Crippen molar-refractivity contribution in [2.45, 2.75) is 32.6 Å². The van der Waals surface area contributed by atoms with Crippen LogP contribution in [0.3, 0.4) is 0 Å². The van der Waals surface area contributed by atoms with Crippen molar-refractivity contribution in [1.82, 2.24) is 10.2 Å². The maximum atomic E-state index is 13.1. The zero-order valence-corrected chi connectivity index (χ0v) is 13.1. The van der Waals surface area contributed by atoms with Gasteiger partial charge in [-0.05, 0) is 30.9 Å². The fourth-order valence-electron chi connectivity index (χ4n) is 4.06. The van der Waals surface area contributed by atoms with Gasteiger partial charge in [0.1, 0.15) is 0 Å². The van der Waals surface area contributed by atoms with Crippen LogP contribution in [0.2, 0.25) is 0 Å². The minimum Gasteiger partial charge on any atom is -0.341 e. The van der Waals surface area contributed by atoms with Gasteiger partial charge < -0.3 is 10.2 Å². The first kappa shape index (κ1) is 14.6. The zero-order chi connectivity index (χ0) is 14.9. The van der Waals surface area contributed by atoms with E-state index in [1.165, 1.54) is 5.56 Å². The number of nitrogens with zero attached hydrogens (tertiary/aromatic N) is 1. The van der Waals surface area contributed by atoms with Crippen LogP contribution in [0.5, 0.6) is 0 Å². The normalized spacial score (nSPS) is 29.6.